The zero-order valence-corrected chi connectivity index (χ0v) is 21.5. The van der Waals surface area contributed by atoms with Crippen LogP contribution in [0.1, 0.15) is 52.4 Å². The predicted molar refractivity (Wildman–Crippen MR) is 128 cm³/mol. The average Bonchev–Trinajstić information content (AvgIpc) is 2.89. The summed E-state index contributed by atoms with van der Waals surface area (Å²) in [5.41, 5.74) is 2.11. The molecule has 37 heavy (non-hydrogen) atoms. The second kappa shape index (κ2) is 16.2. The van der Waals surface area contributed by atoms with Gasteiger partial charge < -0.3 is 54.9 Å². The van der Waals surface area contributed by atoms with Gasteiger partial charge in [0.25, 0.3) is 0 Å². The average molecular weight is 540 g/mol. The molecule has 2 rings (SSSR count). The lowest BCUT2D eigenvalue weighted by molar-refractivity contribution is -0.364. The number of carbonyl (C=O) groups excluding carboxylic acids is 1. The highest BCUT2D eigenvalue weighted by molar-refractivity contribution is 5.75. The topological polar surface area (TPSA) is 225 Å². The second-order valence-corrected chi connectivity index (χ2v) is 9.74. The molecule has 0 radical (unpaired) electrons. The van der Waals surface area contributed by atoms with Crippen molar-refractivity contribution in [1.82, 2.24) is 10.7 Å². The van der Waals surface area contributed by atoms with E-state index in [1.165, 1.54) is 6.92 Å². The lowest BCUT2D eigenvalue weighted by atomic mass is 9.97. The summed E-state index contributed by atoms with van der Waals surface area (Å²) in [5, 5.41) is 63.9. The number of carbonyl (C=O) groups is 1. The highest BCUT2D eigenvalue weighted by Crippen LogP contribution is 2.29. The Kier molecular flexibility index (Phi) is 14.1. The molecule has 0 aliphatic carbocycles. The quantitative estimate of drug-likeness (QED) is 0.0437. The Bertz CT molecular complexity index is 663. The van der Waals surface area contributed by atoms with Gasteiger partial charge in [0.05, 0.1) is 19.3 Å². The van der Waals surface area contributed by atoms with Crippen molar-refractivity contribution in [2.24, 2.45) is 5.84 Å². The number of nitrogens with two attached hydrogens (primary N) is 1. The largest absolute Gasteiger partial charge is 0.394 e. The third-order valence-electron chi connectivity index (χ3n) is 6.75. The number of unbranched alkanes of at least 4 members (excludes halogenated alkanes) is 3. The molecule has 0 aromatic heterocycles. The van der Waals surface area contributed by atoms with E-state index in [2.05, 4.69) is 10.7 Å². The van der Waals surface area contributed by atoms with Crippen LogP contribution >= 0.6 is 0 Å². The zero-order chi connectivity index (χ0) is 27.5. The molecule has 2 fully saturated rings. The third-order valence-corrected chi connectivity index (χ3v) is 6.75. The fourth-order valence-corrected chi connectivity index (χ4v) is 4.36. The highest BCUT2D eigenvalue weighted by atomic mass is 16.8. The van der Waals surface area contributed by atoms with E-state index in [9.17, 15) is 35.4 Å². The molecule has 0 bridgehead atoms. The van der Waals surface area contributed by atoms with Crippen LogP contribution in [0.4, 0.5) is 0 Å². The molecule has 1 unspecified atom stereocenters. The van der Waals surface area contributed by atoms with Crippen LogP contribution in [0.15, 0.2) is 0 Å². The van der Waals surface area contributed by atoms with Gasteiger partial charge >= 0.3 is 0 Å². The molecule has 0 saturated carbocycles. The molecule has 2 saturated heterocycles. The first-order chi connectivity index (χ1) is 17.6. The van der Waals surface area contributed by atoms with Gasteiger partial charge in [-0.25, -0.2) is 5.84 Å². The van der Waals surface area contributed by atoms with E-state index >= 15 is 0 Å². The lowest BCUT2D eigenvalue weighted by Crippen LogP contribution is -2.64. The number of ether oxygens (including phenoxy) is 4. The van der Waals surface area contributed by atoms with Crippen molar-refractivity contribution in [1.29, 1.82) is 0 Å². The number of hydrazine groups is 1. The fraction of sp³-hybridized carbons (Fsp3) is 0.957. The van der Waals surface area contributed by atoms with Crippen molar-refractivity contribution >= 4 is 5.91 Å². The van der Waals surface area contributed by atoms with E-state index in [0.717, 1.165) is 32.1 Å². The zero-order valence-electron chi connectivity index (χ0n) is 21.5. The summed E-state index contributed by atoms with van der Waals surface area (Å²) in [7, 11) is 0. The maximum Gasteiger partial charge on any atom is 0.233 e. The van der Waals surface area contributed by atoms with Crippen LogP contribution in [0.25, 0.3) is 0 Å². The molecule has 0 aromatic rings. The minimum atomic E-state index is -1.62. The highest BCUT2D eigenvalue weighted by Gasteiger charge is 2.50. The Hall–Kier alpha value is -1.01. The maximum absolute atomic E-state index is 11.1. The maximum atomic E-state index is 11.1. The first kappa shape index (κ1) is 32.2. The molecule has 0 aromatic carbocycles. The molecule has 11 atom stereocenters. The van der Waals surface area contributed by atoms with Crippen LogP contribution in [0.5, 0.6) is 0 Å². The van der Waals surface area contributed by atoms with E-state index in [-0.39, 0.29) is 18.6 Å². The Morgan fingerprint density at radius 1 is 0.946 bits per heavy atom. The van der Waals surface area contributed by atoms with Gasteiger partial charge in [-0.1, -0.05) is 19.3 Å². The van der Waals surface area contributed by atoms with Crippen LogP contribution in [0, 0.1) is 0 Å². The molecule has 2 aliphatic rings. The first-order valence-corrected chi connectivity index (χ1v) is 12.9. The van der Waals surface area contributed by atoms with Crippen LogP contribution < -0.4 is 16.6 Å². The van der Waals surface area contributed by atoms with Gasteiger partial charge in [0.15, 0.2) is 12.6 Å². The Balaban J connectivity index is 1.80. The van der Waals surface area contributed by atoms with Crippen molar-refractivity contribution in [3.63, 3.8) is 0 Å². The van der Waals surface area contributed by atoms with E-state index in [4.69, 9.17) is 24.8 Å². The van der Waals surface area contributed by atoms with Crippen LogP contribution in [-0.4, -0.2) is 124 Å². The molecule has 2 aliphatic heterocycles. The monoisotopic (exact) mass is 539 g/mol. The van der Waals surface area contributed by atoms with Crippen molar-refractivity contribution < 1.29 is 54.4 Å². The second-order valence-electron chi connectivity index (χ2n) is 9.74. The van der Waals surface area contributed by atoms with Crippen molar-refractivity contribution in [3.05, 3.63) is 0 Å². The summed E-state index contributed by atoms with van der Waals surface area (Å²) in [4.78, 5) is 11.1. The Labute approximate surface area is 217 Å². The lowest BCUT2D eigenvalue weighted by Gasteiger charge is -2.45. The Morgan fingerprint density at radius 3 is 2.32 bits per heavy atom. The number of amides is 1. The van der Waals surface area contributed by atoms with Gasteiger partial charge in [0.1, 0.15) is 42.7 Å². The number of aliphatic hydroxyl groups excluding tert-OH is 6. The number of hydrogen-bond acceptors (Lipinski definition) is 13. The SMILES string of the molecule is CC(CCCCCCC(=O)NN)NCCO[C@@H]1O[C@H](CO)[C@H](O)[C@H](O)[C@H]1O[C@@H]1O[C@@H](C)[C@@H](O)[C@@H](O)[C@@H]1O. The molecule has 14 nitrogen and oxygen atoms in total. The number of hydrogen-bond donors (Lipinski definition) is 9. The van der Waals surface area contributed by atoms with Crippen LogP contribution in [-0.2, 0) is 23.7 Å². The van der Waals surface area contributed by atoms with Crippen molar-refractivity contribution in [2.45, 2.75) is 120 Å². The normalized spacial score (nSPS) is 37.3. The number of nitrogens with one attached hydrogen (secondary N) is 2. The van der Waals surface area contributed by atoms with Crippen molar-refractivity contribution in [2.75, 3.05) is 19.8 Å². The fourth-order valence-electron chi connectivity index (χ4n) is 4.36. The van der Waals surface area contributed by atoms with Crippen LogP contribution in [0.2, 0.25) is 0 Å². The summed E-state index contributed by atoms with van der Waals surface area (Å²) >= 11 is 0. The Morgan fingerprint density at radius 2 is 1.65 bits per heavy atom. The molecule has 0 spiro atoms. The minimum Gasteiger partial charge on any atom is -0.394 e. The molecule has 2 heterocycles. The molecule has 10 N–H and O–H groups in total. The molecule has 1 amide bonds. The van der Waals surface area contributed by atoms with E-state index in [1.807, 2.05) is 6.92 Å². The standard InChI is InChI=1S/C23H45N3O11/c1-12(7-5-3-4-6-8-15(28)26-24)25-9-10-34-23-21(19(32)17(30)14(11-27)36-23)37-22-20(33)18(31)16(29)13(2)35-22/h12-14,16-23,25,27,29-33H,3-11,24H2,1-2H3,(H,26,28)/t12?,13-,14+,16+,17-,18+,19-,20-,21+,22-,23+/m0/s1. The number of aliphatic hydroxyl groups is 6. The summed E-state index contributed by atoms with van der Waals surface area (Å²) in [6.07, 6.45) is -8.40. The van der Waals surface area contributed by atoms with Crippen molar-refractivity contribution in [3.8, 4) is 0 Å². The molecule has 218 valence electrons. The molecule has 14 heteroatoms. The van der Waals surface area contributed by atoms with Gasteiger partial charge in [-0.2, -0.15) is 0 Å². The van der Waals surface area contributed by atoms with Gasteiger partial charge in [0, 0.05) is 19.0 Å². The number of rotatable bonds is 15. The summed E-state index contributed by atoms with van der Waals surface area (Å²) in [5.74, 6) is 4.89. The minimum absolute atomic E-state index is 0.149. The molecular formula is C23H45N3O11. The van der Waals surface area contributed by atoms with Gasteiger partial charge in [-0.15, -0.1) is 0 Å². The summed E-state index contributed by atoms with van der Waals surface area (Å²) < 4.78 is 22.4. The van der Waals surface area contributed by atoms with Gasteiger partial charge in [-0.05, 0) is 26.7 Å². The summed E-state index contributed by atoms with van der Waals surface area (Å²) in [6, 6.07) is 0.202. The van der Waals surface area contributed by atoms with E-state index < -0.39 is 68.0 Å². The van der Waals surface area contributed by atoms with E-state index in [0.29, 0.717) is 13.0 Å². The van der Waals surface area contributed by atoms with Gasteiger partial charge in [0.2, 0.25) is 5.91 Å². The van der Waals surface area contributed by atoms with Crippen LogP contribution in [0.3, 0.4) is 0 Å². The molecular weight excluding hydrogens is 494 g/mol. The van der Waals surface area contributed by atoms with E-state index in [1.54, 1.807) is 0 Å². The third kappa shape index (κ3) is 9.60. The first-order valence-electron chi connectivity index (χ1n) is 12.9. The predicted octanol–water partition coefficient (Wildman–Crippen LogP) is -3.04. The van der Waals surface area contributed by atoms with Gasteiger partial charge in [-0.3, -0.25) is 10.2 Å². The smallest absolute Gasteiger partial charge is 0.233 e. The summed E-state index contributed by atoms with van der Waals surface area (Å²) in [6.45, 7) is 3.55.